The van der Waals surface area contributed by atoms with E-state index in [2.05, 4.69) is 4.98 Å². The van der Waals surface area contributed by atoms with Crippen molar-refractivity contribution in [1.82, 2.24) is 9.97 Å². The molecule has 2 aliphatic heterocycles. The van der Waals surface area contributed by atoms with Crippen LogP contribution in [0.5, 0.6) is 0 Å². The lowest BCUT2D eigenvalue weighted by Crippen LogP contribution is -2.40. The van der Waals surface area contributed by atoms with Crippen LogP contribution in [-0.2, 0) is 25.5 Å². The molecule has 1 N–H and O–H groups in total. The number of pyridine rings is 1. The van der Waals surface area contributed by atoms with Gasteiger partial charge in [0.15, 0.2) is 5.13 Å². The number of fused-ring (bicyclic) bond motifs is 1. The zero-order chi connectivity index (χ0) is 29.4. The summed E-state index contributed by atoms with van der Waals surface area (Å²) in [6.07, 6.45) is 6.27. The van der Waals surface area contributed by atoms with Gasteiger partial charge in [0.05, 0.1) is 12.1 Å². The molecule has 42 heavy (non-hydrogen) atoms. The van der Waals surface area contributed by atoms with Crippen molar-refractivity contribution in [2.45, 2.75) is 57.4 Å². The number of ether oxygens (including phenoxy) is 1. The molecule has 1 saturated heterocycles. The molecule has 1 atom stereocenters. The molecular formula is C31H33FN4O5S. The van der Waals surface area contributed by atoms with Gasteiger partial charge < -0.3 is 9.84 Å². The lowest BCUT2D eigenvalue weighted by Gasteiger charge is -2.29. The Bertz CT molecular complexity index is 1520. The average molecular weight is 593 g/mol. The van der Waals surface area contributed by atoms with E-state index in [0.29, 0.717) is 54.7 Å². The van der Waals surface area contributed by atoms with Gasteiger partial charge >= 0.3 is 5.97 Å². The first-order valence-corrected chi connectivity index (χ1v) is 15.3. The predicted octanol–water partition coefficient (Wildman–Crippen LogP) is 5.32. The summed E-state index contributed by atoms with van der Waals surface area (Å²) in [6, 6.07) is 6.51. The van der Waals surface area contributed by atoms with E-state index in [1.807, 2.05) is 11.4 Å². The summed E-state index contributed by atoms with van der Waals surface area (Å²) in [5.74, 6) is -1.35. The van der Waals surface area contributed by atoms with Crippen LogP contribution in [0.3, 0.4) is 0 Å². The van der Waals surface area contributed by atoms with Gasteiger partial charge in [0.2, 0.25) is 11.8 Å². The Morgan fingerprint density at radius 2 is 1.95 bits per heavy atom. The maximum atomic E-state index is 14.6. The van der Waals surface area contributed by atoms with Crippen LogP contribution in [-0.4, -0.2) is 59.2 Å². The van der Waals surface area contributed by atoms with Crippen LogP contribution in [0.2, 0.25) is 0 Å². The molecule has 3 aliphatic rings. The number of hydrogen-bond donors (Lipinski definition) is 1. The molecular weight excluding hydrogens is 559 g/mol. The molecule has 2 aromatic heterocycles. The fraction of sp³-hybridized carbons (Fsp3) is 0.452. The minimum Gasteiger partial charge on any atom is -0.481 e. The number of carboxylic acid groups (broad SMARTS) is 1. The van der Waals surface area contributed by atoms with Crippen molar-refractivity contribution in [2.24, 2.45) is 11.8 Å². The molecule has 0 unspecified atom stereocenters. The third-order valence-electron chi connectivity index (χ3n) is 8.39. The summed E-state index contributed by atoms with van der Waals surface area (Å²) in [7, 11) is 1.71. The normalized spacial score (nSPS) is 18.0. The molecule has 2 amide bonds. The van der Waals surface area contributed by atoms with E-state index in [9.17, 15) is 23.9 Å². The Morgan fingerprint density at radius 3 is 2.69 bits per heavy atom. The largest absolute Gasteiger partial charge is 0.481 e. The molecule has 220 valence electrons. The van der Waals surface area contributed by atoms with E-state index < -0.39 is 17.7 Å². The van der Waals surface area contributed by atoms with Gasteiger partial charge in [-0.2, -0.15) is 0 Å². The van der Waals surface area contributed by atoms with E-state index in [1.165, 1.54) is 23.5 Å². The second-order valence-corrected chi connectivity index (χ2v) is 12.2. The monoisotopic (exact) mass is 592 g/mol. The number of halogens is 1. The summed E-state index contributed by atoms with van der Waals surface area (Å²) in [4.78, 5) is 50.4. The van der Waals surface area contributed by atoms with Crippen molar-refractivity contribution in [3.8, 4) is 22.4 Å². The SMILES string of the molecule is CN1C(=O)CCc2cc(-c3ccc(F)cc3-c3csc(N(C(=O)[C@@H](CC(=O)O)CC4CCOCC4)C4CC4)n3)cnc21. The van der Waals surface area contributed by atoms with Crippen LogP contribution in [0.4, 0.5) is 15.3 Å². The molecule has 1 aromatic carbocycles. The van der Waals surface area contributed by atoms with Crippen molar-refractivity contribution in [1.29, 1.82) is 0 Å². The molecule has 3 aromatic rings. The van der Waals surface area contributed by atoms with E-state index in [4.69, 9.17) is 9.72 Å². The highest BCUT2D eigenvalue weighted by molar-refractivity contribution is 7.14. The Balaban J connectivity index is 1.31. The number of thiazole rings is 1. The smallest absolute Gasteiger partial charge is 0.304 e. The summed E-state index contributed by atoms with van der Waals surface area (Å²) < 4.78 is 20.0. The first-order chi connectivity index (χ1) is 20.3. The van der Waals surface area contributed by atoms with Crippen molar-refractivity contribution in [2.75, 3.05) is 30.1 Å². The Hall–Kier alpha value is -3.70. The topological polar surface area (TPSA) is 113 Å². The number of aromatic nitrogens is 2. The maximum absolute atomic E-state index is 14.6. The van der Waals surface area contributed by atoms with E-state index in [1.54, 1.807) is 29.1 Å². The first kappa shape index (κ1) is 28.4. The minimum atomic E-state index is -0.991. The highest BCUT2D eigenvalue weighted by atomic mass is 32.1. The molecule has 0 spiro atoms. The number of aryl methyl sites for hydroxylation is 1. The number of aliphatic carboxylic acids is 1. The van der Waals surface area contributed by atoms with Gasteiger partial charge in [-0.1, -0.05) is 6.07 Å². The first-order valence-electron chi connectivity index (χ1n) is 14.4. The summed E-state index contributed by atoms with van der Waals surface area (Å²) in [6.45, 7) is 1.26. The summed E-state index contributed by atoms with van der Waals surface area (Å²) in [5, 5.41) is 11.9. The van der Waals surface area contributed by atoms with Crippen molar-refractivity contribution >= 4 is 40.1 Å². The molecule has 11 heteroatoms. The van der Waals surface area contributed by atoms with Gasteiger partial charge in [0, 0.05) is 61.3 Å². The standard InChI is InChI=1S/C31H33FN4O5S/c1-35-27(37)7-2-19-13-21(16-33-29(19)35)24-6-3-22(32)15-25(24)26-17-42-31(34-26)36(23-4-5-23)30(40)20(14-28(38)39)12-18-8-10-41-11-9-18/h3,6,13,15-18,20,23H,2,4-5,7-12,14H2,1H3,(H,38,39)/t20-/m1/s1. The minimum absolute atomic E-state index is 0.0148. The zero-order valence-electron chi connectivity index (χ0n) is 23.4. The van der Waals surface area contributed by atoms with Crippen molar-refractivity contribution < 1.29 is 28.6 Å². The number of carboxylic acids is 1. The number of hydrogen-bond acceptors (Lipinski definition) is 7. The number of carbonyl (C=O) groups excluding carboxylic acids is 2. The maximum Gasteiger partial charge on any atom is 0.304 e. The molecule has 1 saturated carbocycles. The Kier molecular flexibility index (Phi) is 8.04. The number of benzene rings is 1. The van der Waals surface area contributed by atoms with Gasteiger partial charge in [0.1, 0.15) is 11.6 Å². The van der Waals surface area contributed by atoms with E-state index in [-0.39, 0.29) is 30.2 Å². The average Bonchev–Trinajstić information content (AvgIpc) is 3.70. The predicted molar refractivity (Wildman–Crippen MR) is 157 cm³/mol. The summed E-state index contributed by atoms with van der Waals surface area (Å²) in [5.41, 5.74) is 3.59. The molecule has 2 fully saturated rings. The van der Waals surface area contributed by atoms with Crippen LogP contribution in [0, 0.1) is 17.7 Å². The molecule has 6 rings (SSSR count). The number of anilines is 2. The van der Waals surface area contributed by atoms with Crippen LogP contribution in [0.25, 0.3) is 22.4 Å². The number of carbonyl (C=O) groups is 3. The fourth-order valence-electron chi connectivity index (χ4n) is 5.97. The quantitative estimate of drug-likeness (QED) is 0.358. The molecule has 0 bridgehead atoms. The van der Waals surface area contributed by atoms with Crippen LogP contribution in [0.15, 0.2) is 35.8 Å². The number of rotatable bonds is 9. The van der Waals surface area contributed by atoms with Crippen LogP contribution < -0.4 is 9.80 Å². The van der Waals surface area contributed by atoms with Gasteiger partial charge in [-0.05, 0) is 73.8 Å². The third-order valence-corrected chi connectivity index (χ3v) is 9.23. The molecule has 4 heterocycles. The van der Waals surface area contributed by atoms with Gasteiger partial charge in [-0.3, -0.25) is 24.2 Å². The van der Waals surface area contributed by atoms with Gasteiger partial charge in [-0.25, -0.2) is 14.4 Å². The highest BCUT2D eigenvalue weighted by Crippen LogP contribution is 2.41. The number of nitrogens with zero attached hydrogens (tertiary/aromatic N) is 4. The summed E-state index contributed by atoms with van der Waals surface area (Å²) >= 11 is 1.31. The van der Waals surface area contributed by atoms with Crippen molar-refractivity contribution in [3.05, 3.63) is 47.2 Å². The highest BCUT2D eigenvalue weighted by Gasteiger charge is 2.40. The molecule has 0 radical (unpaired) electrons. The van der Waals surface area contributed by atoms with Crippen molar-refractivity contribution in [3.63, 3.8) is 0 Å². The van der Waals surface area contributed by atoms with Crippen LogP contribution in [0.1, 0.15) is 50.5 Å². The lowest BCUT2D eigenvalue weighted by molar-refractivity contribution is -0.141. The molecule has 9 nitrogen and oxygen atoms in total. The number of amides is 2. The Morgan fingerprint density at radius 1 is 1.17 bits per heavy atom. The third kappa shape index (κ3) is 5.94. The van der Waals surface area contributed by atoms with E-state index >= 15 is 0 Å². The second kappa shape index (κ2) is 11.9. The van der Waals surface area contributed by atoms with Gasteiger partial charge in [-0.15, -0.1) is 11.3 Å². The fourth-order valence-corrected chi connectivity index (χ4v) is 6.87. The zero-order valence-corrected chi connectivity index (χ0v) is 24.2. The Labute approximate surface area is 247 Å². The van der Waals surface area contributed by atoms with Gasteiger partial charge in [0.25, 0.3) is 0 Å². The lowest BCUT2D eigenvalue weighted by atomic mass is 9.86. The van der Waals surface area contributed by atoms with Crippen LogP contribution >= 0.6 is 11.3 Å². The second-order valence-electron chi connectivity index (χ2n) is 11.4. The molecule has 1 aliphatic carbocycles. The van der Waals surface area contributed by atoms with E-state index in [0.717, 1.165) is 42.4 Å².